The summed E-state index contributed by atoms with van der Waals surface area (Å²) in [5, 5.41) is 3.34. The van der Waals surface area contributed by atoms with E-state index < -0.39 is 0 Å². The number of piperidine rings is 1. The molecule has 21 heavy (non-hydrogen) atoms. The van der Waals surface area contributed by atoms with E-state index in [1.54, 1.807) is 0 Å². The van der Waals surface area contributed by atoms with Gasteiger partial charge in [-0.05, 0) is 49.9 Å². The Labute approximate surface area is 128 Å². The lowest BCUT2D eigenvalue weighted by Crippen LogP contribution is -2.31. The molecule has 0 atom stereocenters. The van der Waals surface area contributed by atoms with Crippen molar-refractivity contribution in [3.05, 3.63) is 28.9 Å². The zero-order valence-corrected chi connectivity index (χ0v) is 12.7. The zero-order valence-electron chi connectivity index (χ0n) is 12.0. The molecule has 1 N–H and O–H groups in total. The van der Waals surface area contributed by atoms with E-state index in [-0.39, 0.29) is 5.28 Å². The van der Waals surface area contributed by atoms with Gasteiger partial charge in [0.05, 0.1) is 6.54 Å². The minimum absolute atomic E-state index is 0.212. The number of aryl methyl sites for hydroxylation is 1. The van der Waals surface area contributed by atoms with Gasteiger partial charge in [0.1, 0.15) is 11.5 Å². The predicted octanol–water partition coefficient (Wildman–Crippen LogP) is 3.03. The van der Waals surface area contributed by atoms with Gasteiger partial charge in [-0.2, -0.15) is 15.0 Å². The van der Waals surface area contributed by atoms with Crippen LogP contribution in [-0.4, -0.2) is 28.0 Å². The number of aromatic nitrogens is 3. The van der Waals surface area contributed by atoms with Gasteiger partial charge in [0, 0.05) is 13.1 Å². The van der Waals surface area contributed by atoms with Crippen LogP contribution in [-0.2, 0) is 6.54 Å². The maximum Gasteiger partial charge on any atom is 0.231 e. The first-order valence-electron chi connectivity index (χ1n) is 7.16. The number of hydrogen-bond acceptors (Lipinski definition) is 6. The Morgan fingerprint density at radius 1 is 1.19 bits per heavy atom. The molecule has 0 saturated carbocycles. The van der Waals surface area contributed by atoms with E-state index >= 15 is 0 Å². The minimum Gasteiger partial charge on any atom is -0.465 e. The van der Waals surface area contributed by atoms with Crippen LogP contribution in [0.4, 0.5) is 11.9 Å². The Morgan fingerprint density at radius 3 is 2.71 bits per heavy atom. The van der Waals surface area contributed by atoms with Crippen LogP contribution in [0.1, 0.15) is 30.8 Å². The highest BCUT2D eigenvalue weighted by Crippen LogP contribution is 2.19. The number of hydrogen-bond donors (Lipinski definition) is 1. The van der Waals surface area contributed by atoms with Gasteiger partial charge >= 0.3 is 0 Å². The maximum atomic E-state index is 6.00. The molecule has 3 heterocycles. The first-order valence-corrected chi connectivity index (χ1v) is 7.54. The van der Waals surface area contributed by atoms with Gasteiger partial charge in [-0.3, -0.25) is 0 Å². The molecule has 1 aliphatic rings. The molecule has 1 saturated heterocycles. The Balaban J connectivity index is 1.71. The number of rotatable bonds is 4. The molecule has 112 valence electrons. The summed E-state index contributed by atoms with van der Waals surface area (Å²) in [5.41, 5.74) is 0. The molecule has 1 aliphatic heterocycles. The van der Waals surface area contributed by atoms with Gasteiger partial charge in [-0.25, -0.2) is 0 Å². The summed E-state index contributed by atoms with van der Waals surface area (Å²) in [6, 6.07) is 3.85. The van der Waals surface area contributed by atoms with Crippen LogP contribution in [0.5, 0.6) is 0 Å². The number of anilines is 2. The smallest absolute Gasteiger partial charge is 0.231 e. The quantitative estimate of drug-likeness (QED) is 0.936. The summed E-state index contributed by atoms with van der Waals surface area (Å²) in [5.74, 6) is 2.84. The second-order valence-electron chi connectivity index (χ2n) is 5.14. The van der Waals surface area contributed by atoms with E-state index in [1.807, 2.05) is 19.1 Å². The lowest BCUT2D eigenvalue weighted by atomic mass is 10.1. The Hall–Kier alpha value is -1.82. The summed E-state index contributed by atoms with van der Waals surface area (Å²) in [4.78, 5) is 14.9. The fraction of sp³-hybridized carbons (Fsp3) is 0.500. The molecule has 0 spiro atoms. The van der Waals surface area contributed by atoms with Gasteiger partial charge in [0.25, 0.3) is 0 Å². The minimum atomic E-state index is 0.212. The predicted molar refractivity (Wildman–Crippen MR) is 81.7 cm³/mol. The second kappa shape index (κ2) is 6.30. The molecule has 0 aromatic carbocycles. The molecule has 0 unspecified atom stereocenters. The van der Waals surface area contributed by atoms with Gasteiger partial charge < -0.3 is 14.6 Å². The van der Waals surface area contributed by atoms with Crippen LogP contribution in [0.2, 0.25) is 5.28 Å². The second-order valence-corrected chi connectivity index (χ2v) is 5.48. The van der Waals surface area contributed by atoms with E-state index in [4.69, 9.17) is 16.0 Å². The molecule has 1 fully saturated rings. The molecule has 0 radical (unpaired) electrons. The summed E-state index contributed by atoms with van der Waals surface area (Å²) < 4.78 is 5.50. The fourth-order valence-corrected chi connectivity index (χ4v) is 2.56. The molecule has 0 amide bonds. The molecule has 0 bridgehead atoms. The van der Waals surface area contributed by atoms with Crippen LogP contribution in [0.15, 0.2) is 16.5 Å². The van der Waals surface area contributed by atoms with Crippen molar-refractivity contribution >= 4 is 23.5 Å². The van der Waals surface area contributed by atoms with E-state index in [0.717, 1.165) is 37.5 Å². The summed E-state index contributed by atoms with van der Waals surface area (Å²) in [7, 11) is 0. The van der Waals surface area contributed by atoms with Crippen molar-refractivity contribution in [3.63, 3.8) is 0 Å². The van der Waals surface area contributed by atoms with Crippen LogP contribution in [0, 0.1) is 6.92 Å². The van der Waals surface area contributed by atoms with Gasteiger partial charge in [0.15, 0.2) is 0 Å². The van der Waals surface area contributed by atoms with E-state index in [9.17, 15) is 0 Å². The lowest BCUT2D eigenvalue weighted by Gasteiger charge is -2.26. The van der Waals surface area contributed by atoms with Crippen LogP contribution in [0.3, 0.4) is 0 Å². The SMILES string of the molecule is Cc1ccc(CNc2nc(Cl)nc(N3CCCCC3)n2)o1. The van der Waals surface area contributed by atoms with Crippen molar-refractivity contribution in [3.8, 4) is 0 Å². The summed E-state index contributed by atoms with van der Waals surface area (Å²) >= 11 is 6.00. The van der Waals surface area contributed by atoms with Crippen LogP contribution < -0.4 is 10.2 Å². The summed E-state index contributed by atoms with van der Waals surface area (Å²) in [6.07, 6.45) is 3.59. The molecular weight excluding hydrogens is 290 g/mol. The van der Waals surface area contributed by atoms with E-state index in [1.165, 1.54) is 6.42 Å². The number of nitrogens with one attached hydrogen (secondary N) is 1. The first-order chi connectivity index (χ1) is 10.2. The van der Waals surface area contributed by atoms with Gasteiger partial charge in [-0.1, -0.05) is 0 Å². The Bertz CT molecular complexity index is 609. The monoisotopic (exact) mass is 307 g/mol. The number of halogens is 1. The zero-order chi connectivity index (χ0) is 14.7. The van der Waals surface area contributed by atoms with Crippen molar-refractivity contribution in [2.75, 3.05) is 23.3 Å². The van der Waals surface area contributed by atoms with E-state index in [2.05, 4.69) is 25.2 Å². The highest BCUT2D eigenvalue weighted by molar-refractivity contribution is 6.28. The lowest BCUT2D eigenvalue weighted by molar-refractivity contribution is 0.490. The van der Waals surface area contributed by atoms with Gasteiger partial charge in [0.2, 0.25) is 17.2 Å². The third-order valence-corrected chi connectivity index (χ3v) is 3.62. The van der Waals surface area contributed by atoms with Crippen molar-refractivity contribution in [1.82, 2.24) is 15.0 Å². The van der Waals surface area contributed by atoms with Crippen LogP contribution in [0.25, 0.3) is 0 Å². The van der Waals surface area contributed by atoms with Crippen molar-refractivity contribution in [2.24, 2.45) is 0 Å². The highest BCUT2D eigenvalue weighted by atomic mass is 35.5. The summed E-state index contributed by atoms with van der Waals surface area (Å²) in [6.45, 7) is 4.37. The molecule has 2 aromatic rings. The maximum absolute atomic E-state index is 6.00. The van der Waals surface area contributed by atoms with Crippen molar-refractivity contribution in [2.45, 2.75) is 32.7 Å². The Kier molecular flexibility index (Phi) is 4.24. The first kappa shape index (κ1) is 14.1. The largest absolute Gasteiger partial charge is 0.465 e. The average molecular weight is 308 g/mol. The molecule has 2 aromatic heterocycles. The average Bonchev–Trinajstić information content (AvgIpc) is 2.91. The fourth-order valence-electron chi connectivity index (χ4n) is 2.40. The topological polar surface area (TPSA) is 67.1 Å². The third-order valence-electron chi connectivity index (χ3n) is 3.45. The van der Waals surface area contributed by atoms with Crippen molar-refractivity contribution < 1.29 is 4.42 Å². The van der Waals surface area contributed by atoms with Crippen molar-refractivity contribution in [1.29, 1.82) is 0 Å². The Morgan fingerprint density at radius 2 is 2.00 bits per heavy atom. The molecule has 6 nitrogen and oxygen atoms in total. The van der Waals surface area contributed by atoms with Gasteiger partial charge in [-0.15, -0.1) is 0 Å². The van der Waals surface area contributed by atoms with Crippen LogP contribution >= 0.6 is 11.6 Å². The molecule has 0 aliphatic carbocycles. The highest BCUT2D eigenvalue weighted by Gasteiger charge is 2.15. The molecule has 7 heteroatoms. The molecular formula is C14H18ClN5O. The number of nitrogens with zero attached hydrogens (tertiary/aromatic N) is 4. The normalized spacial score (nSPS) is 15.2. The molecule has 3 rings (SSSR count). The standard InChI is InChI=1S/C14H18ClN5O/c1-10-5-6-11(21-10)9-16-13-17-12(15)18-14(19-13)20-7-3-2-4-8-20/h5-6H,2-4,7-9H2,1H3,(H,16,17,18,19). The van der Waals surface area contributed by atoms with E-state index in [0.29, 0.717) is 18.4 Å². The number of furan rings is 1. The third kappa shape index (κ3) is 3.64.